The van der Waals surface area contributed by atoms with E-state index in [0.717, 1.165) is 42.7 Å². The maximum atomic E-state index is 13.1. The standard InChI is InChI=1S/C26H35N5O4S/c1-35-16-8-15-31-24-13-6-5-12-23(24)29-26(31)20-9-7-14-30(19-20)25(32)17-21(27)18-28-36(33,34)22-10-3-2-4-11-22/h2-6,10-13,20-21,28H,7-9,14-19,27H2,1H3/t20-,21-/m1/s1. The van der Waals surface area contributed by atoms with Gasteiger partial charge in [-0.3, -0.25) is 4.79 Å². The van der Waals surface area contributed by atoms with E-state index >= 15 is 0 Å². The molecule has 0 bridgehead atoms. The largest absolute Gasteiger partial charge is 0.385 e. The number of piperidine rings is 1. The molecule has 36 heavy (non-hydrogen) atoms. The molecular weight excluding hydrogens is 478 g/mol. The maximum Gasteiger partial charge on any atom is 0.240 e. The zero-order chi connectivity index (χ0) is 25.5. The molecule has 194 valence electrons. The highest BCUT2D eigenvalue weighted by molar-refractivity contribution is 7.89. The number of para-hydroxylation sites is 2. The maximum absolute atomic E-state index is 13.1. The van der Waals surface area contributed by atoms with Crippen molar-refractivity contribution in [1.29, 1.82) is 0 Å². The number of aryl methyl sites for hydroxylation is 1. The number of hydrogen-bond acceptors (Lipinski definition) is 6. The Morgan fingerprint density at radius 3 is 2.72 bits per heavy atom. The Bertz CT molecular complexity index is 1260. The molecule has 3 N–H and O–H groups in total. The Morgan fingerprint density at radius 2 is 1.94 bits per heavy atom. The van der Waals surface area contributed by atoms with E-state index in [1.54, 1.807) is 25.3 Å². The molecule has 2 aromatic carbocycles. The van der Waals surface area contributed by atoms with E-state index in [1.807, 2.05) is 23.1 Å². The summed E-state index contributed by atoms with van der Waals surface area (Å²) in [7, 11) is -1.96. The van der Waals surface area contributed by atoms with Gasteiger partial charge in [0, 0.05) is 58.3 Å². The van der Waals surface area contributed by atoms with Crippen LogP contribution in [0.15, 0.2) is 59.5 Å². The molecule has 0 saturated carbocycles. The smallest absolute Gasteiger partial charge is 0.240 e. The topological polar surface area (TPSA) is 120 Å². The number of methoxy groups -OCH3 is 1. The number of nitrogens with one attached hydrogen (secondary N) is 1. The first-order chi connectivity index (χ1) is 17.4. The van der Waals surface area contributed by atoms with Gasteiger partial charge in [-0.05, 0) is 43.5 Å². The molecule has 10 heteroatoms. The predicted octanol–water partition coefficient (Wildman–Crippen LogP) is 2.47. The molecule has 0 radical (unpaired) electrons. The van der Waals surface area contributed by atoms with Crippen LogP contribution < -0.4 is 10.5 Å². The summed E-state index contributed by atoms with van der Waals surface area (Å²) >= 11 is 0. The molecule has 1 saturated heterocycles. The highest BCUT2D eigenvalue weighted by Crippen LogP contribution is 2.30. The van der Waals surface area contributed by atoms with E-state index < -0.39 is 16.1 Å². The highest BCUT2D eigenvalue weighted by Gasteiger charge is 2.29. The van der Waals surface area contributed by atoms with Crippen molar-refractivity contribution in [1.82, 2.24) is 19.2 Å². The first-order valence-corrected chi connectivity index (χ1v) is 13.9. The van der Waals surface area contributed by atoms with Gasteiger partial charge in [-0.2, -0.15) is 0 Å². The number of carbonyl (C=O) groups excluding carboxylic acids is 1. The average Bonchev–Trinajstić information content (AvgIpc) is 3.27. The van der Waals surface area contributed by atoms with Crippen LogP contribution in [0, 0.1) is 0 Å². The van der Waals surface area contributed by atoms with Crippen LogP contribution in [0.5, 0.6) is 0 Å². The van der Waals surface area contributed by atoms with Crippen LogP contribution in [0.2, 0.25) is 0 Å². The van der Waals surface area contributed by atoms with Crippen molar-refractivity contribution >= 4 is 27.0 Å². The lowest BCUT2D eigenvalue weighted by Crippen LogP contribution is -2.45. The summed E-state index contributed by atoms with van der Waals surface area (Å²) in [5.41, 5.74) is 8.21. The fourth-order valence-corrected chi connectivity index (χ4v) is 5.86. The quantitative estimate of drug-likeness (QED) is 0.380. The van der Waals surface area contributed by atoms with Crippen LogP contribution in [-0.4, -0.2) is 68.2 Å². The molecule has 3 aromatic rings. The van der Waals surface area contributed by atoms with Crippen molar-refractivity contribution < 1.29 is 17.9 Å². The minimum Gasteiger partial charge on any atom is -0.385 e. The van der Waals surface area contributed by atoms with Crippen LogP contribution in [0.1, 0.15) is 37.4 Å². The molecule has 1 aliphatic heterocycles. The number of fused-ring (bicyclic) bond motifs is 1. The second-order valence-corrected chi connectivity index (χ2v) is 11.0. The third kappa shape index (κ3) is 6.31. The first-order valence-electron chi connectivity index (χ1n) is 12.4. The van der Waals surface area contributed by atoms with Gasteiger partial charge in [-0.25, -0.2) is 18.1 Å². The third-order valence-corrected chi connectivity index (χ3v) is 8.02. The number of sulfonamides is 1. The van der Waals surface area contributed by atoms with Gasteiger partial charge in [0.2, 0.25) is 15.9 Å². The second-order valence-electron chi connectivity index (χ2n) is 9.26. The lowest BCUT2D eigenvalue weighted by Gasteiger charge is -2.33. The third-order valence-electron chi connectivity index (χ3n) is 6.58. The molecule has 0 unspecified atom stereocenters. The van der Waals surface area contributed by atoms with Gasteiger partial charge in [0.15, 0.2) is 0 Å². The summed E-state index contributed by atoms with van der Waals surface area (Å²) in [6.45, 7) is 2.72. The van der Waals surface area contributed by atoms with Crippen molar-refractivity contribution in [2.24, 2.45) is 5.73 Å². The van der Waals surface area contributed by atoms with E-state index in [-0.39, 0.29) is 29.7 Å². The zero-order valence-corrected chi connectivity index (χ0v) is 21.5. The number of hydrogen-bond donors (Lipinski definition) is 2. The Hall–Kier alpha value is -2.79. The molecule has 4 rings (SSSR count). The van der Waals surface area contributed by atoms with Gasteiger partial charge in [-0.15, -0.1) is 0 Å². The van der Waals surface area contributed by atoms with Crippen LogP contribution >= 0.6 is 0 Å². The van der Waals surface area contributed by atoms with Gasteiger partial charge in [0.1, 0.15) is 5.82 Å². The molecule has 1 aromatic heterocycles. The lowest BCUT2D eigenvalue weighted by atomic mass is 9.96. The van der Waals surface area contributed by atoms with Gasteiger partial charge in [-0.1, -0.05) is 30.3 Å². The molecule has 1 amide bonds. The molecule has 1 aliphatic rings. The minimum absolute atomic E-state index is 0.00443. The zero-order valence-electron chi connectivity index (χ0n) is 20.7. The van der Waals surface area contributed by atoms with Gasteiger partial charge in [0.25, 0.3) is 0 Å². The summed E-state index contributed by atoms with van der Waals surface area (Å²) in [5, 5.41) is 0. The summed E-state index contributed by atoms with van der Waals surface area (Å²) < 4.78 is 34.9. The fourth-order valence-electron chi connectivity index (χ4n) is 4.75. The molecule has 2 heterocycles. The van der Waals surface area contributed by atoms with Crippen LogP contribution in [0.4, 0.5) is 0 Å². The average molecular weight is 514 g/mol. The molecular formula is C26H35N5O4S. The number of nitrogens with zero attached hydrogens (tertiary/aromatic N) is 3. The lowest BCUT2D eigenvalue weighted by molar-refractivity contribution is -0.132. The number of likely N-dealkylation sites (tertiary alicyclic amines) is 1. The van der Waals surface area contributed by atoms with Crippen LogP contribution in [0.3, 0.4) is 0 Å². The van der Waals surface area contributed by atoms with Crippen LogP contribution in [-0.2, 0) is 26.1 Å². The molecule has 1 fully saturated rings. The molecule has 2 atom stereocenters. The fraction of sp³-hybridized carbons (Fsp3) is 0.462. The number of carbonyl (C=O) groups is 1. The molecule has 0 spiro atoms. The Morgan fingerprint density at radius 1 is 1.19 bits per heavy atom. The summed E-state index contributed by atoms with van der Waals surface area (Å²) in [6, 6.07) is 15.6. The number of aromatic nitrogens is 2. The van der Waals surface area contributed by atoms with Gasteiger partial charge in [0.05, 0.1) is 15.9 Å². The van der Waals surface area contributed by atoms with Gasteiger partial charge < -0.3 is 19.9 Å². The van der Waals surface area contributed by atoms with E-state index in [2.05, 4.69) is 15.4 Å². The number of ether oxygens (including phenoxy) is 1. The van der Waals surface area contributed by atoms with Crippen molar-refractivity contribution in [3.63, 3.8) is 0 Å². The Labute approximate surface area is 212 Å². The van der Waals surface area contributed by atoms with Crippen LogP contribution in [0.25, 0.3) is 11.0 Å². The first kappa shape index (κ1) is 26.3. The van der Waals surface area contributed by atoms with E-state index in [1.165, 1.54) is 12.1 Å². The Kier molecular flexibility index (Phi) is 8.73. The normalized spacial score (nSPS) is 17.4. The van der Waals surface area contributed by atoms with Crippen molar-refractivity contribution in [3.05, 3.63) is 60.4 Å². The number of amides is 1. The van der Waals surface area contributed by atoms with Crippen molar-refractivity contribution in [2.45, 2.75) is 49.1 Å². The second kappa shape index (κ2) is 12.0. The van der Waals surface area contributed by atoms with E-state index in [9.17, 15) is 13.2 Å². The number of rotatable bonds is 11. The van der Waals surface area contributed by atoms with E-state index in [0.29, 0.717) is 19.7 Å². The summed E-state index contributed by atoms with van der Waals surface area (Å²) in [6.07, 6.45) is 2.80. The van der Waals surface area contributed by atoms with E-state index in [4.69, 9.17) is 15.5 Å². The number of nitrogens with two attached hydrogens (primary N) is 1. The molecule has 0 aliphatic carbocycles. The number of imidazole rings is 1. The SMILES string of the molecule is COCCCn1c([C@@H]2CCCN(C(=O)C[C@@H](N)CNS(=O)(=O)c3ccccc3)C2)nc2ccccc21. The molecule has 9 nitrogen and oxygen atoms in total. The summed E-state index contributed by atoms with van der Waals surface area (Å²) in [4.78, 5) is 20.0. The Balaban J connectivity index is 1.39. The minimum atomic E-state index is -3.66. The van der Waals surface area contributed by atoms with Crippen molar-refractivity contribution in [3.8, 4) is 0 Å². The monoisotopic (exact) mass is 513 g/mol. The number of benzene rings is 2. The highest BCUT2D eigenvalue weighted by atomic mass is 32.2. The van der Waals surface area contributed by atoms with Crippen molar-refractivity contribution in [2.75, 3.05) is 33.4 Å². The summed E-state index contributed by atoms with van der Waals surface area (Å²) in [5.74, 6) is 1.07. The predicted molar refractivity (Wildman–Crippen MR) is 139 cm³/mol. The van der Waals surface area contributed by atoms with Gasteiger partial charge >= 0.3 is 0 Å².